The van der Waals surface area contributed by atoms with E-state index in [2.05, 4.69) is 39.9 Å². The van der Waals surface area contributed by atoms with E-state index in [0.717, 1.165) is 33.9 Å². The number of ether oxygens (including phenoxy) is 1. The maximum atomic E-state index is 12.6. The first-order chi connectivity index (χ1) is 15.0. The lowest BCUT2D eigenvalue weighted by Crippen LogP contribution is -2.34. The second-order valence-electron chi connectivity index (χ2n) is 7.60. The molecule has 2 heterocycles. The summed E-state index contributed by atoms with van der Waals surface area (Å²) >= 11 is 1.64. The van der Waals surface area contributed by atoms with Crippen molar-refractivity contribution >= 4 is 28.8 Å². The number of hydrogen-bond donors (Lipinski definition) is 1. The SMILES string of the molecule is COc1cccc(N2CC(C(=O)NCCc3ccc(-c4csc(C)n4)cc3)CC2=O)c1. The molecule has 3 aromatic rings. The topological polar surface area (TPSA) is 71.5 Å². The van der Waals surface area contributed by atoms with Crippen LogP contribution < -0.4 is 15.0 Å². The van der Waals surface area contributed by atoms with Crippen LogP contribution in [-0.2, 0) is 16.0 Å². The molecule has 1 aliphatic rings. The number of nitrogens with zero attached hydrogens (tertiary/aromatic N) is 2. The zero-order valence-electron chi connectivity index (χ0n) is 17.6. The summed E-state index contributed by atoms with van der Waals surface area (Å²) in [7, 11) is 1.59. The zero-order chi connectivity index (χ0) is 21.8. The molecule has 4 rings (SSSR count). The number of amides is 2. The van der Waals surface area contributed by atoms with Crippen LogP contribution in [0.25, 0.3) is 11.3 Å². The van der Waals surface area contributed by atoms with Crippen molar-refractivity contribution in [3.8, 4) is 17.0 Å². The molecule has 1 N–H and O–H groups in total. The van der Waals surface area contributed by atoms with Crippen LogP contribution in [0.2, 0.25) is 0 Å². The Labute approximate surface area is 185 Å². The lowest BCUT2D eigenvalue weighted by molar-refractivity contribution is -0.126. The fourth-order valence-corrected chi connectivity index (χ4v) is 4.35. The Morgan fingerprint density at radius 3 is 2.77 bits per heavy atom. The fourth-order valence-electron chi connectivity index (χ4n) is 3.72. The zero-order valence-corrected chi connectivity index (χ0v) is 18.4. The standard InChI is InChI=1S/C24H25N3O3S/c1-16-26-22(15-31-16)18-8-6-17(7-9-18)10-11-25-24(29)19-12-23(28)27(14-19)20-4-3-5-21(13-20)30-2/h3-9,13,15,19H,10-12,14H2,1-2H3,(H,25,29). The molecule has 2 aromatic carbocycles. The average molecular weight is 436 g/mol. The van der Waals surface area contributed by atoms with Crippen molar-refractivity contribution in [1.82, 2.24) is 10.3 Å². The van der Waals surface area contributed by atoms with E-state index in [-0.39, 0.29) is 24.2 Å². The molecule has 0 bridgehead atoms. The number of hydrogen-bond acceptors (Lipinski definition) is 5. The Bertz CT molecular complexity index is 1080. The number of thiazole rings is 1. The highest BCUT2D eigenvalue weighted by atomic mass is 32.1. The number of carbonyl (C=O) groups is 2. The van der Waals surface area contributed by atoms with Gasteiger partial charge in [0.2, 0.25) is 11.8 Å². The maximum Gasteiger partial charge on any atom is 0.227 e. The van der Waals surface area contributed by atoms with E-state index in [4.69, 9.17) is 4.74 Å². The minimum absolute atomic E-state index is 0.0405. The summed E-state index contributed by atoms with van der Waals surface area (Å²) in [4.78, 5) is 31.2. The van der Waals surface area contributed by atoms with E-state index in [1.54, 1.807) is 23.3 Å². The van der Waals surface area contributed by atoms with Crippen LogP contribution in [0, 0.1) is 12.8 Å². The van der Waals surface area contributed by atoms with Gasteiger partial charge in [0.25, 0.3) is 0 Å². The highest BCUT2D eigenvalue weighted by molar-refractivity contribution is 7.09. The molecule has 160 valence electrons. The van der Waals surface area contributed by atoms with Gasteiger partial charge in [-0.15, -0.1) is 11.3 Å². The van der Waals surface area contributed by atoms with E-state index >= 15 is 0 Å². The van der Waals surface area contributed by atoms with E-state index in [1.807, 2.05) is 31.2 Å². The van der Waals surface area contributed by atoms with Crippen molar-refractivity contribution in [2.75, 3.05) is 25.1 Å². The summed E-state index contributed by atoms with van der Waals surface area (Å²) in [5.74, 6) is 0.234. The first-order valence-electron chi connectivity index (χ1n) is 10.3. The second kappa shape index (κ2) is 9.31. The molecule has 7 heteroatoms. The van der Waals surface area contributed by atoms with E-state index in [9.17, 15) is 9.59 Å². The summed E-state index contributed by atoms with van der Waals surface area (Å²) in [6.07, 6.45) is 0.965. The Kier molecular flexibility index (Phi) is 6.32. The first kappa shape index (κ1) is 21.1. The Balaban J connectivity index is 1.28. The lowest BCUT2D eigenvalue weighted by Gasteiger charge is -2.17. The van der Waals surface area contributed by atoms with Gasteiger partial charge in [0.15, 0.2) is 0 Å². The van der Waals surface area contributed by atoms with Crippen LogP contribution in [0.3, 0.4) is 0 Å². The molecule has 0 spiro atoms. The molecule has 1 fully saturated rings. The van der Waals surface area contributed by atoms with Crippen molar-refractivity contribution in [1.29, 1.82) is 0 Å². The van der Waals surface area contributed by atoms with Crippen LogP contribution in [0.4, 0.5) is 5.69 Å². The van der Waals surface area contributed by atoms with Gasteiger partial charge in [-0.3, -0.25) is 9.59 Å². The molecule has 1 atom stereocenters. The summed E-state index contributed by atoms with van der Waals surface area (Å²) in [5, 5.41) is 6.10. The first-order valence-corrected chi connectivity index (χ1v) is 11.1. The molecule has 2 amide bonds. The summed E-state index contributed by atoms with van der Waals surface area (Å²) in [5.41, 5.74) is 4.00. The molecule has 1 unspecified atom stereocenters. The van der Waals surface area contributed by atoms with E-state index in [1.165, 1.54) is 0 Å². The number of rotatable bonds is 7. The largest absolute Gasteiger partial charge is 0.497 e. The van der Waals surface area contributed by atoms with Crippen LogP contribution in [0.1, 0.15) is 17.0 Å². The van der Waals surface area contributed by atoms with Crippen molar-refractivity contribution in [2.24, 2.45) is 5.92 Å². The normalized spacial score (nSPS) is 15.9. The van der Waals surface area contributed by atoms with Gasteiger partial charge >= 0.3 is 0 Å². The summed E-state index contributed by atoms with van der Waals surface area (Å²) < 4.78 is 5.23. The van der Waals surface area contributed by atoms with Crippen molar-refractivity contribution in [3.63, 3.8) is 0 Å². The van der Waals surface area contributed by atoms with Crippen LogP contribution >= 0.6 is 11.3 Å². The average Bonchev–Trinajstić information content (AvgIpc) is 3.40. The molecule has 6 nitrogen and oxygen atoms in total. The molecular formula is C24H25N3O3S. The molecule has 0 aliphatic carbocycles. The van der Waals surface area contributed by atoms with Crippen LogP contribution in [0.5, 0.6) is 5.75 Å². The maximum absolute atomic E-state index is 12.6. The van der Waals surface area contributed by atoms with Crippen molar-refractivity contribution in [2.45, 2.75) is 19.8 Å². The number of anilines is 1. The fraction of sp³-hybridized carbons (Fsp3) is 0.292. The molecule has 0 saturated carbocycles. The molecule has 1 aliphatic heterocycles. The summed E-state index contributed by atoms with van der Waals surface area (Å²) in [6, 6.07) is 15.6. The van der Waals surface area contributed by atoms with E-state index in [0.29, 0.717) is 18.8 Å². The Hall–Kier alpha value is -3.19. The minimum Gasteiger partial charge on any atom is -0.497 e. The van der Waals surface area contributed by atoms with Gasteiger partial charge in [-0.2, -0.15) is 0 Å². The lowest BCUT2D eigenvalue weighted by atomic mass is 10.1. The number of methoxy groups -OCH3 is 1. The van der Waals surface area contributed by atoms with Crippen LogP contribution in [-0.4, -0.2) is 37.0 Å². The predicted octanol–water partition coefficient (Wildman–Crippen LogP) is 3.84. The number of aryl methyl sites for hydroxylation is 1. The molecule has 0 radical (unpaired) electrons. The predicted molar refractivity (Wildman–Crippen MR) is 122 cm³/mol. The number of nitrogens with one attached hydrogen (secondary N) is 1. The van der Waals surface area contributed by atoms with Crippen molar-refractivity contribution < 1.29 is 14.3 Å². The van der Waals surface area contributed by atoms with Gasteiger partial charge < -0.3 is 15.0 Å². The second-order valence-corrected chi connectivity index (χ2v) is 8.66. The smallest absolute Gasteiger partial charge is 0.227 e. The number of carbonyl (C=O) groups excluding carboxylic acids is 2. The van der Waals surface area contributed by atoms with Gasteiger partial charge in [-0.1, -0.05) is 30.3 Å². The third kappa shape index (κ3) is 4.94. The van der Waals surface area contributed by atoms with Gasteiger partial charge in [-0.05, 0) is 31.0 Å². The van der Waals surface area contributed by atoms with Crippen molar-refractivity contribution in [3.05, 3.63) is 64.5 Å². The molecule has 1 saturated heterocycles. The van der Waals surface area contributed by atoms with Gasteiger partial charge in [0.1, 0.15) is 5.75 Å². The number of aromatic nitrogens is 1. The number of benzene rings is 2. The Morgan fingerprint density at radius 2 is 2.06 bits per heavy atom. The third-order valence-corrected chi connectivity index (χ3v) is 6.22. The molecular weight excluding hydrogens is 410 g/mol. The summed E-state index contributed by atoms with van der Waals surface area (Å²) in [6.45, 7) is 2.93. The minimum atomic E-state index is -0.339. The monoisotopic (exact) mass is 435 g/mol. The van der Waals surface area contributed by atoms with Crippen LogP contribution in [0.15, 0.2) is 53.9 Å². The quantitative estimate of drug-likeness (QED) is 0.612. The highest BCUT2D eigenvalue weighted by Gasteiger charge is 2.35. The van der Waals surface area contributed by atoms with E-state index < -0.39 is 0 Å². The van der Waals surface area contributed by atoms with Gasteiger partial charge in [0, 0.05) is 42.2 Å². The van der Waals surface area contributed by atoms with Gasteiger partial charge in [-0.25, -0.2) is 4.98 Å². The Morgan fingerprint density at radius 1 is 1.26 bits per heavy atom. The third-order valence-electron chi connectivity index (χ3n) is 5.44. The molecule has 31 heavy (non-hydrogen) atoms. The van der Waals surface area contributed by atoms with Gasteiger partial charge in [0.05, 0.1) is 23.7 Å². The highest BCUT2D eigenvalue weighted by Crippen LogP contribution is 2.28. The molecule has 1 aromatic heterocycles.